The third kappa shape index (κ3) is 3.76. The van der Waals surface area contributed by atoms with Gasteiger partial charge in [-0.2, -0.15) is 10.4 Å². The number of carbonyl (C=O) groups is 1. The average Bonchev–Trinajstić information content (AvgIpc) is 3.36. The SMILES string of the molecule is Cc1c(C(O)CNCc2cnn(-c3ccc(C#N)cc3)c2)ccc2c1COC2=O. The second kappa shape index (κ2) is 7.87. The number of nitrogens with zero attached hydrogens (tertiary/aromatic N) is 3. The predicted molar refractivity (Wildman–Crippen MR) is 105 cm³/mol. The molecule has 1 unspecified atom stereocenters. The normalized spacial score (nSPS) is 13.6. The van der Waals surface area contributed by atoms with E-state index in [-0.39, 0.29) is 12.6 Å². The quantitative estimate of drug-likeness (QED) is 0.630. The Morgan fingerprint density at radius 2 is 2.10 bits per heavy atom. The molecule has 0 saturated heterocycles. The summed E-state index contributed by atoms with van der Waals surface area (Å²) in [6, 6.07) is 12.8. The maximum Gasteiger partial charge on any atom is 0.338 e. The van der Waals surface area contributed by atoms with Crippen LogP contribution >= 0.6 is 0 Å². The molecule has 0 fully saturated rings. The Kier molecular flexibility index (Phi) is 5.12. The van der Waals surface area contributed by atoms with Crippen molar-refractivity contribution in [2.75, 3.05) is 6.54 Å². The van der Waals surface area contributed by atoms with Crippen LogP contribution in [0.4, 0.5) is 0 Å². The number of aliphatic hydroxyl groups excluding tert-OH is 1. The fourth-order valence-electron chi connectivity index (χ4n) is 3.47. The van der Waals surface area contributed by atoms with Gasteiger partial charge in [0.05, 0.1) is 35.2 Å². The van der Waals surface area contributed by atoms with E-state index in [2.05, 4.69) is 16.5 Å². The Labute approximate surface area is 168 Å². The summed E-state index contributed by atoms with van der Waals surface area (Å²) < 4.78 is 6.81. The van der Waals surface area contributed by atoms with E-state index in [9.17, 15) is 9.90 Å². The number of cyclic esters (lactones) is 1. The molecule has 0 spiro atoms. The summed E-state index contributed by atoms with van der Waals surface area (Å²) in [5.41, 5.74) is 5.59. The first-order valence-corrected chi connectivity index (χ1v) is 9.29. The molecule has 1 aliphatic heterocycles. The highest BCUT2D eigenvalue weighted by atomic mass is 16.5. The Hall–Kier alpha value is -3.47. The number of hydrogen-bond acceptors (Lipinski definition) is 6. The van der Waals surface area contributed by atoms with Crippen molar-refractivity contribution in [2.24, 2.45) is 0 Å². The van der Waals surface area contributed by atoms with Crippen molar-refractivity contribution in [1.82, 2.24) is 15.1 Å². The van der Waals surface area contributed by atoms with Crippen molar-refractivity contribution in [3.05, 3.63) is 82.2 Å². The number of ether oxygens (including phenoxy) is 1. The van der Waals surface area contributed by atoms with Crippen LogP contribution in [0.1, 0.15) is 44.3 Å². The van der Waals surface area contributed by atoms with E-state index in [1.165, 1.54) is 0 Å². The van der Waals surface area contributed by atoms with Crippen LogP contribution in [0.3, 0.4) is 0 Å². The number of fused-ring (bicyclic) bond motifs is 1. The molecule has 2 N–H and O–H groups in total. The lowest BCUT2D eigenvalue weighted by molar-refractivity contribution is 0.0535. The van der Waals surface area contributed by atoms with Crippen LogP contribution in [-0.4, -0.2) is 27.4 Å². The predicted octanol–water partition coefficient (Wildman–Crippen LogP) is 2.55. The van der Waals surface area contributed by atoms with Gasteiger partial charge in [0, 0.05) is 30.4 Å². The number of carbonyl (C=O) groups excluding carboxylic acids is 1. The van der Waals surface area contributed by atoms with Crippen LogP contribution in [-0.2, 0) is 17.9 Å². The van der Waals surface area contributed by atoms with Gasteiger partial charge in [-0.05, 0) is 48.4 Å². The molecule has 1 atom stereocenters. The first-order valence-electron chi connectivity index (χ1n) is 9.29. The Morgan fingerprint density at radius 3 is 2.86 bits per heavy atom. The molecule has 0 radical (unpaired) electrons. The number of hydrogen-bond donors (Lipinski definition) is 2. The van der Waals surface area contributed by atoms with E-state index < -0.39 is 6.10 Å². The lowest BCUT2D eigenvalue weighted by Gasteiger charge is -2.16. The minimum absolute atomic E-state index is 0.266. The summed E-state index contributed by atoms with van der Waals surface area (Å²) >= 11 is 0. The lowest BCUT2D eigenvalue weighted by atomic mass is 9.95. The summed E-state index contributed by atoms with van der Waals surface area (Å²) in [5.74, 6) is -0.304. The zero-order valence-electron chi connectivity index (χ0n) is 15.9. The molecule has 2 heterocycles. The third-order valence-electron chi connectivity index (χ3n) is 5.13. The highest BCUT2D eigenvalue weighted by Crippen LogP contribution is 2.28. The zero-order valence-corrected chi connectivity index (χ0v) is 15.9. The number of rotatable bonds is 6. The molecule has 0 saturated carbocycles. The van der Waals surface area contributed by atoms with Crippen molar-refractivity contribution < 1.29 is 14.6 Å². The van der Waals surface area contributed by atoms with E-state index in [1.807, 2.05) is 25.3 Å². The molecular weight excluding hydrogens is 368 g/mol. The van der Waals surface area contributed by atoms with Gasteiger partial charge in [0.15, 0.2) is 0 Å². The molecule has 7 heteroatoms. The first kappa shape index (κ1) is 18.9. The van der Waals surface area contributed by atoms with E-state index in [4.69, 9.17) is 10.00 Å². The van der Waals surface area contributed by atoms with Gasteiger partial charge in [-0.25, -0.2) is 9.48 Å². The molecule has 0 bridgehead atoms. The van der Waals surface area contributed by atoms with Crippen LogP contribution in [0, 0.1) is 18.3 Å². The topological polar surface area (TPSA) is 100 Å². The molecule has 3 aromatic rings. The number of aromatic nitrogens is 2. The first-order chi connectivity index (χ1) is 14.1. The number of esters is 1. The monoisotopic (exact) mass is 388 g/mol. The van der Waals surface area contributed by atoms with Crippen LogP contribution < -0.4 is 5.32 Å². The fourth-order valence-corrected chi connectivity index (χ4v) is 3.47. The fraction of sp³-hybridized carbons (Fsp3) is 0.227. The molecule has 0 aliphatic carbocycles. The Bertz CT molecular complexity index is 1100. The zero-order chi connectivity index (χ0) is 20.4. The van der Waals surface area contributed by atoms with Gasteiger partial charge in [-0.15, -0.1) is 0 Å². The van der Waals surface area contributed by atoms with Crippen molar-refractivity contribution in [3.8, 4) is 11.8 Å². The van der Waals surface area contributed by atoms with E-state index in [0.29, 0.717) is 24.2 Å². The summed E-state index contributed by atoms with van der Waals surface area (Å²) in [6.07, 6.45) is 2.98. The van der Waals surface area contributed by atoms with Gasteiger partial charge in [0.25, 0.3) is 0 Å². The highest BCUT2D eigenvalue weighted by Gasteiger charge is 2.25. The number of nitrogens with one attached hydrogen (secondary N) is 1. The van der Waals surface area contributed by atoms with Gasteiger partial charge in [0.2, 0.25) is 0 Å². The standard InChI is InChI=1S/C22H20N4O3/c1-14-18(6-7-19-20(14)13-29-22(19)28)21(27)11-24-9-16-10-25-26(12-16)17-4-2-15(8-23)3-5-17/h2-7,10,12,21,24,27H,9,11,13H2,1H3. The van der Waals surface area contributed by atoms with Crippen LogP contribution in [0.2, 0.25) is 0 Å². The number of aliphatic hydroxyl groups is 1. The molecule has 1 aliphatic rings. The largest absolute Gasteiger partial charge is 0.457 e. The molecule has 29 heavy (non-hydrogen) atoms. The Balaban J connectivity index is 1.37. The average molecular weight is 388 g/mol. The van der Waals surface area contributed by atoms with Gasteiger partial charge in [-0.3, -0.25) is 0 Å². The maximum absolute atomic E-state index is 11.6. The van der Waals surface area contributed by atoms with Crippen LogP contribution in [0.15, 0.2) is 48.8 Å². The van der Waals surface area contributed by atoms with Gasteiger partial charge in [-0.1, -0.05) is 6.07 Å². The molecule has 2 aromatic carbocycles. The number of nitriles is 1. The second-order valence-electron chi connectivity index (χ2n) is 6.98. The van der Waals surface area contributed by atoms with E-state index in [1.54, 1.807) is 35.1 Å². The molecule has 146 valence electrons. The molecular formula is C22H20N4O3. The summed E-state index contributed by atoms with van der Waals surface area (Å²) in [7, 11) is 0. The van der Waals surface area contributed by atoms with E-state index in [0.717, 1.165) is 27.9 Å². The minimum atomic E-state index is -0.690. The lowest BCUT2D eigenvalue weighted by Crippen LogP contribution is -2.21. The smallest absolute Gasteiger partial charge is 0.338 e. The van der Waals surface area contributed by atoms with E-state index >= 15 is 0 Å². The Morgan fingerprint density at radius 1 is 1.31 bits per heavy atom. The van der Waals surface area contributed by atoms with Gasteiger partial charge < -0.3 is 15.2 Å². The maximum atomic E-state index is 11.6. The number of benzene rings is 2. The second-order valence-corrected chi connectivity index (χ2v) is 6.98. The molecule has 4 rings (SSSR count). The summed E-state index contributed by atoms with van der Waals surface area (Å²) in [6.45, 7) is 3.10. The van der Waals surface area contributed by atoms with Gasteiger partial charge >= 0.3 is 5.97 Å². The molecule has 0 amide bonds. The summed E-state index contributed by atoms with van der Waals surface area (Å²) in [4.78, 5) is 11.6. The highest BCUT2D eigenvalue weighted by molar-refractivity contribution is 5.93. The summed E-state index contributed by atoms with van der Waals surface area (Å²) in [5, 5.41) is 27.0. The van der Waals surface area contributed by atoms with Crippen molar-refractivity contribution >= 4 is 5.97 Å². The van der Waals surface area contributed by atoms with Crippen LogP contribution in [0.5, 0.6) is 0 Å². The molecule has 1 aromatic heterocycles. The van der Waals surface area contributed by atoms with Crippen molar-refractivity contribution in [3.63, 3.8) is 0 Å². The van der Waals surface area contributed by atoms with Crippen molar-refractivity contribution in [2.45, 2.75) is 26.2 Å². The van der Waals surface area contributed by atoms with Gasteiger partial charge in [0.1, 0.15) is 6.61 Å². The minimum Gasteiger partial charge on any atom is -0.457 e. The molecule has 7 nitrogen and oxygen atoms in total. The third-order valence-corrected chi connectivity index (χ3v) is 5.13. The van der Waals surface area contributed by atoms with Crippen LogP contribution in [0.25, 0.3) is 5.69 Å². The van der Waals surface area contributed by atoms with Crippen molar-refractivity contribution in [1.29, 1.82) is 5.26 Å².